The number of amides is 1. The van der Waals surface area contributed by atoms with Crippen LogP contribution in [0.25, 0.3) is 5.65 Å². The third kappa shape index (κ3) is 5.23. The minimum absolute atomic E-state index is 0.0113. The molecule has 3 rings (SSSR count). The number of nitrogen functional groups attached to an aromatic ring is 1. The third-order valence-electron chi connectivity index (χ3n) is 4.67. The number of hydrogen-bond donors (Lipinski definition) is 3. The number of nitrogens with zero attached hydrogens (tertiary/aromatic N) is 5. The quantitative estimate of drug-likeness (QED) is 0.439. The van der Waals surface area contributed by atoms with E-state index in [1.54, 1.807) is 0 Å². The first-order valence-electron chi connectivity index (χ1n) is 9.54. The van der Waals surface area contributed by atoms with Gasteiger partial charge < -0.3 is 16.4 Å². The van der Waals surface area contributed by atoms with Gasteiger partial charge in [-0.15, -0.1) is 5.10 Å². The second-order valence-electron chi connectivity index (χ2n) is 7.03. The van der Waals surface area contributed by atoms with Crippen molar-refractivity contribution in [3.8, 4) is 0 Å². The normalized spacial score (nSPS) is 12.6. The number of aromatic nitrogens is 5. The lowest BCUT2D eigenvalue weighted by Gasteiger charge is -2.16. The first kappa shape index (κ1) is 22.3. The molecule has 4 N–H and O–H groups in total. The highest BCUT2D eigenvalue weighted by Gasteiger charge is 2.22. The zero-order chi connectivity index (χ0) is 22.6. The lowest BCUT2D eigenvalue weighted by atomic mass is 10.2. The highest BCUT2D eigenvalue weighted by Crippen LogP contribution is 2.23. The molecule has 166 valence electrons. The van der Waals surface area contributed by atoms with Crippen molar-refractivity contribution < 1.29 is 17.6 Å². The van der Waals surface area contributed by atoms with Gasteiger partial charge in [-0.25, -0.2) is 22.3 Å². The molecule has 1 unspecified atom stereocenters. The van der Waals surface area contributed by atoms with E-state index in [1.165, 1.54) is 18.6 Å². The molecule has 0 aliphatic heterocycles. The highest BCUT2D eigenvalue weighted by molar-refractivity contribution is 7.91. The van der Waals surface area contributed by atoms with E-state index in [2.05, 4.69) is 30.9 Å². The van der Waals surface area contributed by atoms with Gasteiger partial charge in [-0.2, -0.15) is 10.2 Å². The number of halogens is 1. The largest absolute Gasteiger partial charge is 0.382 e. The first-order valence-corrected chi connectivity index (χ1v) is 11.5. The van der Waals surface area contributed by atoms with Crippen LogP contribution in [0.5, 0.6) is 0 Å². The van der Waals surface area contributed by atoms with Crippen LogP contribution >= 0.6 is 0 Å². The van der Waals surface area contributed by atoms with Crippen molar-refractivity contribution in [2.75, 3.05) is 29.2 Å². The zero-order valence-corrected chi connectivity index (χ0v) is 17.9. The number of anilines is 3. The second kappa shape index (κ2) is 9.20. The van der Waals surface area contributed by atoms with E-state index in [-0.39, 0.29) is 17.0 Å². The van der Waals surface area contributed by atoms with E-state index in [4.69, 9.17) is 5.73 Å². The Morgan fingerprint density at radius 1 is 1.23 bits per heavy atom. The van der Waals surface area contributed by atoms with E-state index < -0.39 is 26.8 Å². The molecule has 0 bridgehead atoms. The van der Waals surface area contributed by atoms with Crippen LogP contribution in [0.4, 0.5) is 21.6 Å². The number of hydrogen-bond acceptors (Lipinski definition) is 9. The summed E-state index contributed by atoms with van der Waals surface area (Å²) in [6, 6.07) is 0. The van der Waals surface area contributed by atoms with E-state index in [1.807, 2.05) is 6.92 Å². The van der Waals surface area contributed by atoms with Gasteiger partial charge in [0.25, 0.3) is 5.91 Å². The zero-order valence-electron chi connectivity index (χ0n) is 17.0. The number of nitrogens with one attached hydrogen (secondary N) is 2. The molecule has 0 aliphatic rings. The molecule has 0 aliphatic carbocycles. The van der Waals surface area contributed by atoms with Gasteiger partial charge in [0.05, 0.1) is 41.4 Å². The van der Waals surface area contributed by atoms with Gasteiger partial charge in [0.15, 0.2) is 17.3 Å². The van der Waals surface area contributed by atoms with Crippen LogP contribution in [0, 0.1) is 5.82 Å². The van der Waals surface area contributed by atoms with Gasteiger partial charge in [0.1, 0.15) is 15.4 Å². The molecule has 11 nitrogen and oxygen atoms in total. The monoisotopic (exact) mass is 450 g/mol. The second-order valence-corrected chi connectivity index (χ2v) is 9.35. The van der Waals surface area contributed by atoms with Crippen LogP contribution in [0.1, 0.15) is 36.5 Å². The average molecular weight is 451 g/mol. The van der Waals surface area contributed by atoms with Gasteiger partial charge >= 0.3 is 0 Å². The Hall–Kier alpha value is -3.35. The van der Waals surface area contributed by atoms with Gasteiger partial charge in [-0.05, 0) is 12.8 Å². The molecule has 0 saturated heterocycles. The summed E-state index contributed by atoms with van der Waals surface area (Å²) in [5.41, 5.74) is 6.68. The smallest absolute Gasteiger partial charge is 0.263 e. The molecule has 0 fully saturated rings. The fraction of sp³-hybridized carbons (Fsp3) is 0.389. The van der Waals surface area contributed by atoms with Crippen LogP contribution in [-0.2, 0) is 9.84 Å². The molecular formula is C18H23FN8O3S. The Morgan fingerprint density at radius 3 is 2.61 bits per heavy atom. The predicted octanol–water partition coefficient (Wildman–Crippen LogP) is 1.51. The number of sulfone groups is 1. The molecule has 1 amide bonds. The van der Waals surface area contributed by atoms with Crippen molar-refractivity contribution >= 4 is 38.6 Å². The van der Waals surface area contributed by atoms with Gasteiger partial charge in [-0.1, -0.05) is 13.3 Å². The highest BCUT2D eigenvalue weighted by atomic mass is 32.2. The van der Waals surface area contributed by atoms with E-state index in [0.29, 0.717) is 30.8 Å². The molecule has 31 heavy (non-hydrogen) atoms. The van der Waals surface area contributed by atoms with Gasteiger partial charge in [-0.3, -0.25) is 4.79 Å². The number of rotatable bonds is 9. The molecule has 3 aromatic rings. The van der Waals surface area contributed by atoms with Crippen LogP contribution in [0.2, 0.25) is 0 Å². The van der Waals surface area contributed by atoms with Crippen molar-refractivity contribution in [2.24, 2.45) is 0 Å². The predicted molar refractivity (Wildman–Crippen MR) is 114 cm³/mol. The molecule has 0 radical (unpaired) electrons. The summed E-state index contributed by atoms with van der Waals surface area (Å²) < 4.78 is 38.3. The molecule has 3 heterocycles. The maximum Gasteiger partial charge on any atom is 0.263 e. The molecule has 0 aromatic carbocycles. The third-order valence-corrected chi connectivity index (χ3v) is 6.35. The van der Waals surface area contributed by atoms with Crippen molar-refractivity contribution in [3.05, 3.63) is 36.2 Å². The number of nitrogens with two attached hydrogens (primary N) is 1. The Balaban J connectivity index is 1.75. The molecule has 0 saturated carbocycles. The Labute approximate surface area is 178 Å². The molecule has 13 heteroatoms. The summed E-state index contributed by atoms with van der Waals surface area (Å²) in [5.74, 6) is -1.34. The lowest BCUT2D eigenvalue weighted by molar-refractivity contribution is 0.102. The van der Waals surface area contributed by atoms with Gasteiger partial charge in [0.2, 0.25) is 0 Å². The number of fused-ring (bicyclic) bond motifs is 1. The van der Waals surface area contributed by atoms with Crippen LogP contribution in [0.3, 0.4) is 0 Å². The van der Waals surface area contributed by atoms with Crippen LogP contribution in [0.15, 0.2) is 24.8 Å². The van der Waals surface area contributed by atoms with Crippen molar-refractivity contribution in [2.45, 2.75) is 31.4 Å². The summed E-state index contributed by atoms with van der Waals surface area (Å²) in [4.78, 5) is 16.7. The number of carbonyl (C=O) groups excluding carboxylic acids is 1. The maximum atomic E-state index is 13.3. The van der Waals surface area contributed by atoms with Gasteiger partial charge in [0, 0.05) is 12.8 Å². The Morgan fingerprint density at radius 2 is 1.94 bits per heavy atom. The summed E-state index contributed by atoms with van der Waals surface area (Å²) in [6.07, 6.45) is 7.74. The van der Waals surface area contributed by atoms with E-state index in [0.717, 1.165) is 23.3 Å². The van der Waals surface area contributed by atoms with Crippen LogP contribution < -0.4 is 16.4 Å². The van der Waals surface area contributed by atoms with E-state index >= 15 is 0 Å². The molecular weight excluding hydrogens is 427 g/mol. The van der Waals surface area contributed by atoms with Crippen molar-refractivity contribution in [1.82, 2.24) is 24.8 Å². The topological polar surface area (TPSA) is 157 Å². The minimum atomic E-state index is -3.16. The fourth-order valence-electron chi connectivity index (χ4n) is 3.16. The summed E-state index contributed by atoms with van der Waals surface area (Å²) >= 11 is 0. The lowest BCUT2D eigenvalue weighted by Crippen LogP contribution is -2.23. The minimum Gasteiger partial charge on any atom is -0.382 e. The van der Waals surface area contributed by atoms with E-state index in [9.17, 15) is 17.6 Å². The summed E-state index contributed by atoms with van der Waals surface area (Å²) in [5, 5.41) is 16.8. The van der Waals surface area contributed by atoms with Crippen molar-refractivity contribution in [3.63, 3.8) is 0 Å². The number of carbonyl (C=O) groups is 1. The summed E-state index contributed by atoms with van der Waals surface area (Å²) in [6.45, 7) is 2.29. The SMILES string of the molecule is CCCC(CCNc1cnncc1NC(=O)c1c(N)nn2cc(F)cnc12)S(C)(=O)=O. The summed E-state index contributed by atoms with van der Waals surface area (Å²) in [7, 11) is -3.16. The van der Waals surface area contributed by atoms with Crippen molar-refractivity contribution in [1.29, 1.82) is 0 Å². The molecule has 1 atom stereocenters. The van der Waals surface area contributed by atoms with Crippen LogP contribution in [-0.4, -0.2) is 57.2 Å². The molecule has 3 aromatic heterocycles. The first-order chi connectivity index (χ1) is 14.7. The molecule has 0 spiro atoms. The Bertz CT molecular complexity index is 1200. The maximum absolute atomic E-state index is 13.3. The standard InChI is InChI=1S/C18H23FN8O3S/c1-3-4-12(31(2,29)30)5-6-21-13-8-23-24-9-14(13)25-18(28)15-16(20)26-27-10-11(19)7-22-17(15)27/h7-10,12H,3-6H2,1-2H3,(H2,20,26)(H,21,24)(H,23,25,28). The fourth-order valence-corrected chi connectivity index (χ4v) is 4.37. The Kier molecular flexibility index (Phi) is 6.63. The average Bonchev–Trinajstić information content (AvgIpc) is 3.02.